The summed E-state index contributed by atoms with van der Waals surface area (Å²) in [7, 11) is 4.68. The van der Waals surface area contributed by atoms with Gasteiger partial charge in [0.25, 0.3) is 0 Å². The molecule has 0 radical (unpaired) electrons. The third-order valence-corrected chi connectivity index (χ3v) is 5.19. The minimum absolute atomic E-state index is 0.262. The third kappa shape index (κ3) is 12.7. The topological polar surface area (TPSA) is 26.3 Å². The quantitative estimate of drug-likeness (QED) is 0.144. The lowest BCUT2D eigenvalue weighted by molar-refractivity contribution is -0.903. The Morgan fingerprint density at radius 3 is 1.89 bits per heavy atom. The fourth-order valence-electron chi connectivity index (χ4n) is 3.50. The van der Waals surface area contributed by atoms with Gasteiger partial charge in [-0.3, -0.25) is 0 Å². The zero-order valence-corrected chi connectivity index (χ0v) is 18.5. The van der Waals surface area contributed by atoms with Crippen molar-refractivity contribution >= 4 is 5.97 Å². The molecule has 28 heavy (non-hydrogen) atoms. The van der Waals surface area contributed by atoms with Crippen molar-refractivity contribution in [3.63, 3.8) is 0 Å². The first-order valence-electron chi connectivity index (χ1n) is 11.1. The lowest BCUT2D eigenvalue weighted by Crippen LogP contribution is -2.39. The van der Waals surface area contributed by atoms with Crippen molar-refractivity contribution in [3.05, 3.63) is 48.0 Å². The molecule has 0 aliphatic heterocycles. The Morgan fingerprint density at radius 2 is 1.36 bits per heavy atom. The molecule has 0 N–H and O–H groups in total. The molecule has 3 nitrogen and oxygen atoms in total. The number of benzene rings is 1. The number of nitrogens with zero attached hydrogens (tertiary/aromatic N) is 1. The summed E-state index contributed by atoms with van der Waals surface area (Å²) in [5.41, 5.74) is 1.92. The zero-order valence-electron chi connectivity index (χ0n) is 18.5. The first kappa shape index (κ1) is 24.4. The molecule has 0 aliphatic carbocycles. The second kappa shape index (κ2) is 14.4. The molecule has 1 aromatic carbocycles. The van der Waals surface area contributed by atoms with E-state index in [-0.39, 0.29) is 5.97 Å². The van der Waals surface area contributed by atoms with Gasteiger partial charge in [-0.2, -0.15) is 0 Å². The van der Waals surface area contributed by atoms with Gasteiger partial charge in [0.15, 0.2) is 0 Å². The van der Waals surface area contributed by atoms with E-state index in [4.69, 9.17) is 4.74 Å². The summed E-state index contributed by atoms with van der Waals surface area (Å²) in [5.74, 6) is -0.262. The predicted octanol–water partition coefficient (Wildman–Crippen LogP) is 6.28. The van der Waals surface area contributed by atoms with E-state index in [0.717, 1.165) is 23.9 Å². The molecular formula is C25H42NO2+. The maximum atomic E-state index is 11.2. The van der Waals surface area contributed by atoms with Crippen LogP contribution in [0.4, 0.5) is 0 Å². The molecule has 3 heteroatoms. The lowest BCUT2D eigenvalue weighted by atomic mass is 10.1. The molecule has 0 aliphatic rings. The minimum atomic E-state index is -0.262. The molecule has 0 amide bonds. The molecule has 1 aromatic rings. The molecule has 0 saturated carbocycles. The Balaban J connectivity index is 1.88. The average Bonchev–Trinajstić information content (AvgIpc) is 2.65. The van der Waals surface area contributed by atoms with E-state index in [2.05, 4.69) is 51.0 Å². The van der Waals surface area contributed by atoms with Crippen LogP contribution in [0.3, 0.4) is 0 Å². The van der Waals surface area contributed by atoms with Crippen molar-refractivity contribution in [2.45, 2.75) is 77.7 Å². The van der Waals surface area contributed by atoms with Gasteiger partial charge < -0.3 is 9.22 Å². The van der Waals surface area contributed by atoms with Gasteiger partial charge >= 0.3 is 5.97 Å². The maximum Gasteiger partial charge on any atom is 0.333 e. The van der Waals surface area contributed by atoms with Crippen LogP contribution >= 0.6 is 0 Å². The SMILES string of the molecule is C=C(C)C(=O)OCCCCCCCCCCCC[N+](C)(C)Cc1ccccc1. The number of hydrogen-bond acceptors (Lipinski definition) is 2. The van der Waals surface area contributed by atoms with Gasteiger partial charge in [0.05, 0.1) is 27.2 Å². The Labute approximate surface area is 173 Å². The van der Waals surface area contributed by atoms with Crippen LogP contribution in [0, 0.1) is 0 Å². The van der Waals surface area contributed by atoms with Crippen LogP contribution in [0.5, 0.6) is 0 Å². The van der Waals surface area contributed by atoms with Crippen LogP contribution in [-0.4, -0.2) is 37.7 Å². The molecule has 0 bridgehead atoms. The minimum Gasteiger partial charge on any atom is -0.462 e. The summed E-state index contributed by atoms with van der Waals surface area (Å²) in [5, 5.41) is 0. The van der Waals surface area contributed by atoms with Crippen LogP contribution in [0.1, 0.15) is 76.7 Å². The highest BCUT2D eigenvalue weighted by Crippen LogP contribution is 2.14. The summed E-state index contributed by atoms with van der Waals surface area (Å²) in [6.45, 7) is 8.18. The van der Waals surface area contributed by atoms with E-state index in [1.165, 1.54) is 63.5 Å². The fraction of sp³-hybridized carbons (Fsp3) is 0.640. The van der Waals surface area contributed by atoms with Crippen LogP contribution in [0.15, 0.2) is 42.5 Å². The summed E-state index contributed by atoms with van der Waals surface area (Å²) in [6, 6.07) is 10.8. The monoisotopic (exact) mass is 388 g/mol. The molecule has 1 rings (SSSR count). The molecule has 0 aromatic heterocycles. The van der Waals surface area contributed by atoms with E-state index >= 15 is 0 Å². The number of unbranched alkanes of at least 4 members (excludes halogenated alkanes) is 9. The fourth-order valence-corrected chi connectivity index (χ4v) is 3.50. The highest BCUT2D eigenvalue weighted by molar-refractivity contribution is 5.86. The molecule has 0 spiro atoms. The largest absolute Gasteiger partial charge is 0.462 e. The zero-order chi connectivity index (χ0) is 20.7. The number of ether oxygens (including phenoxy) is 1. The van der Waals surface area contributed by atoms with E-state index in [9.17, 15) is 4.79 Å². The number of rotatable bonds is 16. The molecule has 0 fully saturated rings. The Hall–Kier alpha value is -1.61. The van der Waals surface area contributed by atoms with Crippen LogP contribution in [0.2, 0.25) is 0 Å². The molecule has 0 heterocycles. The standard InChI is InChI=1S/C25H42NO2/c1-23(2)25(27)28-21-17-12-10-8-6-5-7-9-11-16-20-26(3,4)22-24-18-14-13-15-19-24/h13-15,18-19H,1,5-12,16-17,20-22H2,2-4H3/q+1. The lowest BCUT2D eigenvalue weighted by Gasteiger charge is -2.30. The van der Waals surface area contributed by atoms with Gasteiger partial charge in [0.2, 0.25) is 0 Å². The molecule has 0 unspecified atom stereocenters. The van der Waals surface area contributed by atoms with E-state index < -0.39 is 0 Å². The van der Waals surface area contributed by atoms with Crippen molar-refractivity contribution in [1.29, 1.82) is 0 Å². The van der Waals surface area contributed by atoms with Gasteiger partial charge in [0.1, 0.15) is 6.54 Å². The summed E-state index contributed by atoms with van der Waals surface area (Å²) in [6.07, 6.45) is 12.8. The van der Waals surface area contributed by atoms with Gasteiger partial charge in [-0.15, -0.1) is 0 Å². The van der Waals surface area contributed by atoms with E-state index in [0.29, 0.717) is 12.2 Å². The number of quaternary nitrogens is 1. The average molecular weight is 389 g/mol. The smallest absolute Gasteiger partial charge is 0.333 e. The van der Waals surface area contributed by atoms with Crippen molar-refractivity contribution in [1.82, 2.24) is 0 Å². The maximum absolute atomic E-state index is 11.2. The number of esters is 1. The van der Waals surface area contributed by atoms with Gasteiger partial charge in [-0.05, 0) is 26.2 Å². The second-order valence-electron chi connectivity index (χ2n) is 8.75. The van der Waals surface area contributed by atoms with Crippen molar-refractivity contribution in [3.8, 4) is 0 Å². The van der Waals surface area contributed by atoms with Crippen molar-refractivity contribution < 1.29 is 14.0 Å². The predicted molar refractivity (Wildman–Crippen MR) is 119 cm³/mol. The molecule has 0 atom stereocenters. The summed E-state index contributed by atoms with van der Waals surface area (Å²) < 4.78 is 6.18. The van der Waals surface area contributed by atoms with Crippen LogP contribution < -0.4 is 0 Å². The highest BCUT2D eigenvalue weighted by Gasteiger charge is 2.14. The Kier molecular flexibility index (Phi) is 12.6. The molecule has 158 valence electrons. The van der Waals surface area contributed by atoms with E-state index in [1.807, 2.05) is 0 Å². The van der Waals surface area contributed by atoms with Crippen LogP contribution in [-0.2, 0) is 16.1 Å². The normalized spacial score (nSPS) is 11.4. The summed E-state index contributed by atoms with van der Waals surface area (Å²) >= 11 is 0. The van der Waals surface area contributed by atoms with Gasteiger partial charge in [-0.1, -0.05) is 81.9 Å². The first-order valence-corrected chi connectivity index (χ1v) is 11.1. The van der Waals surface area contributed by atoms with Gasteiger partial charge in [-0.25, -0.2) is 4.79 Å². The Bertz CT molecular complexity index is 551. The van der Waals surface area contributed by atoms with Crippen molar-refractivity contribution in [2.75, 3.05) is 27.2 Å². The highest BCUT2D eigenvalue weighted by atomic mass is 16.5. The molecule has 0 saturated heterocycles. The first-order chi connectivity index (χ1) is 13.4. The number of carbonyl (C=O) groups excluding carboxylic acids is 1. The van der Waals surface area contributed by atoms with Crippen LogP contribution in [0.25, 0.3) is 0 Å². The number of hydrogen-bond donors (Lipinski definition) is 0. The molecular weight excluding hydrogens is 346 g/mol. The summed E-state index contributed by atoms with van der Waals surface area (Å²) in [4.78, 5) is 11.2. The van der Waals surface area contributed by atoms with E-state index in [1.54, 1.807) is 6.92 Å². The second-order valence-corrected chi connectivity index (χ2v) is 8.75. The Morgan fingerprint density at radius 1 is 0.857 bits per heavy atom. The van der Waals surface area contributed by atoms with Crippen molar-refractivity contribution in [2.24, 2.45) is 0 Å². The van der Waals surface area contributed by atoms with Gasteiger partial charge in [0, 0.05) is 11.1 Å². The number of carbonyl (C=O) groups is 1. The third-order valence-electron chi connectivity index (χ3n) is 5.19.